The lowest BCUT2D eigenvalue weighted by Gasteiger charge is -2.30. The van der Waals surface area contributed by atoms with Crippen molar-refractivity contribution in [3.05, 3.63) is 0 Å². The minimum Gasteiger partial charge on any atom is -0.353 e. The van der Waals surface area contributed by atoms with Gasteiger partial charge in [-0.1, -0.05) is 13.3 Å². The first-order chi connectivity index (χ1) is 11.7. The van der Waals surface area contributed by atoms with E-state index in [-0.39, 0.29) is 30.7 Å². The van der Waals surface area contributed by atoms with E-state index in [2.05, 4.69) is 6.92 Å². The first-order valence-corrected chi connectivity index (χ1v) is 9.31. The molecule has 1 unspecified atom stereocenters. The summed E-state index contributed by atoms with van der Waals surface area (Å²) in [6.45, 7) is 12.7. The maximum Gasteiger partial charge on any atom is 0.190 e. The van der Waals surface area contributed by atoms with Crippen molar-refractivity contribution in [1.82, 2.24) is 0 Å². The quantitative estimate of drug-likeness (QED) is 0.511. The minimum atomic E-state index is -0.694. The first-order valence-electron chi connectivity index (χ1n) is 9.31. The molecule has 3 aliphatic heterocycles. The third-order valence-corrected chi connectivity index (χ3v) is 4.62. The van der Waals surface area contributed by atoms with Gasteiger partial charge in [-0.15, -0.1) is 0 Å². The van der Waals surface area contributed by atoms with Gasteiger partial charge < -0.3 is 33.2 Å². The van der Waals surface area contributed by atoms with Gasteiger partial charge in [0, 0.05) is 6.61 Å². The summed E-state index contributed by atoms with van der Waals surface area (Å²) in [7, 11) is 0. The molecular formula is C18H32O7. The van der Waals surface area contributed by atoms with E-state index in [0.29, 0.717) is 13.2 Å². The third-order valence-electron chi connectivity index (χ3n) is 4.62. The maximum absolute atomic E-state index is 6.17. The Hall–Kier alpha value is -0.280. The fraction of sp³-hybridized carbons (Fsp3) is 1.00. The molecule has 6 atom stereocenters. The molecule has 0 aromatic rings. The van der Waals surface area contributed by atoms with E-state index in [1.54, 1.807) is 0 Å². The van der Waals surface area contributed by atoms with E-state index in [0.717, 1.165) is 12.8 Å². The van der Waals surface area contributed by atoms with Crippen molar-refractivity contribution in [2.45, 2.75) is 103 Å². The molecule has 3 rings (SSSR count). The molecule has 0 saturated carbocycles. The van der Waals surface area contributed by atoms with Gasteiger partial charge in [-0.2, -0.15) is 0 Å². The Morgan fingerprint density at radius 2 is 1.80 bits per heavy atom. The molecule has 25 heavy (non-hydrogen) atoms. The van der Waals surface area contributed by atoms with Crippen LogP contribution in [0, 0.1) is 0 Å². The Morgan fingerprint density at radius 1 is 1.04 bits per heavy atom. The lowest BCUT2D eigenvalue weighted by atomic mass is 10.1. The number of ether oxygens (including phenoxy) is 7. The van der Waals surface area contributed by atoms with Gasteiger partial charge in [0.2, 0.25) is 0 Å². The molecule has 7 heteroatoms. The normalized spacial score (nSPS) is 40.3. The van der Waals surface area contributed by atoms with Gasteiger partial charge in [0.15, 0.2) is 24.2 Å². The predicted molar refractivity (Wildman–Crippen MR) is 88.8 cm³/mol. The minimum absolute atomic E-state index is 0.233. The fourth-order valence-electron chi connectivity index (χ4n) is 3.49. The second-order valence-electron chi connectivity index (χ2n) is 7.83. The summed E-state index contributed by atoms with van der Waals surface area (Å²) < 4.78 is 41.6. The molecule has 0 radical (unpaired) electrons. The number of hydrogen-bond acceptors (Lipinski definition) is 7. The Kier molecular flexibility index (Phi) is 5.75. The predicted octanol–water partition coefficient (Wildman–Crippen LogP) is 2.56. The van der Waals surface area contributed by atoms with Crippen LogP contribution < -0.4 is 0 Å². The highest BCUT2D eigenvalue weighted by Gasteiger charge is 2.59. The molecule has 3 fully saturated rings. The van der Waals surface area contributed by atoms with Crippen LogP contribution in [0.4, 0.5) is 0 Å². The van der Waals surface area contributed by atoms with Gasteiger partial charge in [0.25, 0.3) is 0 Å². The zero-order chi connectivity index (χ0) is 18.2. The second-order valence-corrected chi connectivity index (χ2v) is 7.83. The highest BCUT2D eigenvalue weighted by atomic mass is 16.9. The highest BCUT2D eigenvalue weighted by Crippen LogP contribution is 2.42. The van der Waals surface area contributed by atoms with Crippen LogP contribution in [0.15, 0.2) is 0 Å². The van der Waals surface area contributed by atoms with Crippen molar-refractivity contribution < 1.29 is 33.2 Å². The van der Waals surface area contributed by atoms with Crippen LogP contribution in [0.5, 0.6) is 0 Å². The van der Waals surface area contributed by atoms with Gasteiger partial charge in [-0.05, 0) is 41.0 Å². The zero-order valence-electron chi connectivity index (χ0n) is 16.2. The topological polar surface area (TPSA) is 64.6 Å². The van der Waals surface area contributed by atoms with E-state index in [4.69, 9.17) is 33.2 Å². The highest BCUT2D eigenvalue weighted by molar-refractivity contribution is 4.98. The van der Waals surface area contributed by atoms with Crippen LogP contribution in [0.25, 0.3) is 0 Å². The van der Waals surface area contributed by atoms with Crippen LogP contribution in [-0.4, -0.2) is 61.8 Å². The monoisotopic (exact) mass is 360 g/mol. The summed E-state index contributed by atoms with van der Waals surface area (Å²) in [5.74, 6) is -1.32. The molecule has 0 amide bonds. The summed E-state index contributed by atoms with van der Waals surface area (Å²) in [6, 6.07) is 0. The van der Waals surface area contributed by atoms with Gasteiger partial charge in [0.05, 0.1) is 6.61 Å². The number of fused-ring (bicyclic) bond motifs is 1. The molecule has 3 saturated heterocycles. The Balaban J connectivity index is 1.67. The van der Waals surface area contributed by atoms with Gasteiger partial charge in [-0.3, -0.25) is 0 Å². The Morgan fingerprint density at radius 3 is 2.44 bits per heavy atom. The molecule has 3 heterocycles. The van der Waals surface area contributed by atoms with Crippen LogP contribution in [-0.2, 0) is 33.2 Å². The molecule has 3 aliphatic rings. The standard InChI is InChI=1S/C18H32O7/c1-7-8-9-19-11(2)21-14-13(12-10-20-17(3,4)23-12)22-16-15(14)24-18(5,6)25-16/h11-16H,7-10H2,1-6H3/t11?,12-,13+,14-,15+,16+/m0/s1. The number of unbranched alkanes of at least 4 members (excludes halogenated alkanes) is 1. The molecule has 0 aliphatic carbocycles. The lowest BCUT2D eigenvalue weighted by Crippen LogP contribution is -2.45. The SMILES string of the molecule is CCCCOC(C)O[C@@H]1[C@H]2OC(C)(C)O[C@H]2O[C@@H]1[C@@H]1COC(C)(C)O1. The van der Waals surface area contributed by atoms with Crippen molar-refractivity contribution in [2.24, 2.45) is 0 Å². The van der Waals surface area contributed by atoms with E-state index >= 15 is 0 Å². The Labute approximate surface area is 150 Å². The summed E-state index contributed by atoms with van der Waals surface area (Å²) in [5.41, 5.74) is 0. The van der Waals surface area contributed by atoms with Gasteiger partial charge in [-0.25, -0.2) is 0 Å². The smallest absolute Gasteiger partial charge is 0.190 e. The zero-order valence-corrected chi connectivity index (χ0v) is 16.2. The fourth-order valence-corrected chi connectivity index (χ4v) is 3.49. The third kappa shape index (κ3) is 4.53. The van der Waals surface area contributed by atoms with E-state index in [1.165, 1.54) is 0 Å². The largest absolute Gasteiger partial charge is 0.353 e. The summed E-state index contributed by atoms with van der Waals surface area (Å²) in [6.07, 6.45) is 0.0404. The second kappa shape index (κ2) is 7.38. The van der Waals surface area contributed by atoms with Crippen molar-refractivity contribution in [2.75, 3.05) is 13.2 Å². The van der Waals surface area contributed by atoms with Gasteiger partial charge >= 0.3 is 0 Å². The first kappa shape index (κ1) is 19.5. The van der Waals surface area contributed by atoms with Crippen LogP contribution >= 0.6 is 0 Å². The van der Waals surface area contributed by atoms with Crippen LogP contribution in [0.3, 0.4) is 0 Å². The molecule has 146 valence electrons. The molecule has 0 spiro atoms. The summed E-state index contributed by atoms with van der Waals surface area (Å²) in [5, 5.41) is 0. The van der Waals surface area contributed by atoms with Crippen molar-refractivity contribution in [3.8, 4) is 0 Å². The summed E-state index contributed by atoms with van der Waals surface area (Å²) >= 11 is 0. The van der Waals surface area contributed by atoms with Gasteiger partial charge in [0.1, 0.15) is 24.4 Å². The average molecular weight is 360 g/mol. The van der Waals surface area contributed by atoms with Crippen molar-refractivity contribution >= 4 is 0 Å². The number of hydrogen-bond donors (Lipinski definition) is 0. The van der Waals surface area contributed by atoms with Crippen molar-refractivity contribution in [1.29, 1.82) is 0 Å². The number of rotatable bonds is 7. The van der Waals surface area contributed by atoms with E-state index < -0.39 is 17.9 Å². The van der Waals surface area contributed by atoms with Crippen LogP contribution in [0.2, 0.25) is 0 Å². The van der Waals surface area contributed by atoms with Crippen LogP contribution in [0.1, 0.15) is 54.4 Å². The molecule has 0 aromatic heterocycles. The van der Waals surface area contributed by atoms with Crippen molar-refractivity contribution in [3.63, 3.8) is 0 Å². The average Bonchev–Trinajstić information content (AvgIpc) is 3.10. The summed E-state index contributed by atoms with van der Waals surface area (Å²) in [4.78, 5) is 0. The lowest BCUT2D eigenvalue weighted by molar-refractivity contribution is -0.253. The van der Waals surface area contributed by atoms with E-state index in [1.807, 2.05) is 34.6 Å². The molecular weight excluding hydrogens is 328 g/mol. The molecule has 7 nitrogen and oxygen atoms in total. The molecule has 0 aromatic carbocycles. The van der Waals surface area contributed by atoms with E-state index in [9.17, 15) is 0 Å². The maximum atomic E-state index is 6.17. The Bertz CT molecular complexity index is 453. The molecule has 0 bridgehead atoms. The molecule has 0 N–H and O–H groups in total.